The van der Waals surface area contributed by atoms with Crippen LogP contribution < -0.4 is 5.32 Å². The van der Waals surface area contributed by atoms with Crippen molar-refractivity contribution >= 4 is 38.9 Å². The predicted octanol–water partition coefficient (Wildman–Crippen LogP) is 2.43. The third kappa shape index (κ3) is 4.96. The van der Waals surface area contributed by atoms with Crippen LogP contribution in [0.3, 0.4) is 0 Å². The first kappa shape index (κ1) is 15.6. The van der Waals surface area contributed by atoms with E-state index in [1.165, 1.54) is 6.07 Å². The predicted molar refractivity (Wildman–Crippen MR) is 79.7 cm³/mol. The zero-order valence-electron chi connectivity index (χ0n) is 10.7. The van der Waals surface area contributed by atoms with Crippen LogP contribution in [-0.2, 0) is 20.4 Å². The SMILES string of the molecule is O=C(CS(=O)(=O)Cc1ccc(Cl)c(Cl)c1)NCC1CC1. The summed E-state index contributed by atoms with van der Waals surface area (Å²) in [5.74, 6) is -0.644. The van der Waals surface area contributed by atoms with Crippen molar-refractivity contribution in [2.24, 2.45) is 5.92 Å². The number of carbonyl (C=O) groups excluding carboxylic acids is 1. The highest BCUT2D eigenvalue weighted by molar-refractivity contribution is 7.91. The summed E-state index contributed by atoms with van der Waals surface area (Å²) < 4.78 is 23.9. The van der Waals surface area contributed by atoms with Crippen LogP contribution in [0, 0.1) is 5.92 Å². The maximum Gasteiger partial charge on any atom is 0.235 e. The minimum atomic E-state index is -3.50. The van der Waals surface area contributed by atoms with Gasteiger partial charge in [0.25, 0.3) is 0 Å². The first-order valence-corrected chi connectivity index (χ1v) is 8.84. The maximum atomic E-state index is 11.9. The van der Waals surface area contributed by atoms with Gasteiger partial charge in [0.05, 0.1) is 15.8 Å². The lowest BCUT2D eigenvalue weighted by Gasteiger charge is -2.07. The summed E-state index contributed by atoms with van der Waals surface area (Å²) in [6.07, 6.45) is 2.21. The fraction of sp³-hybridized carbons (Fsp3) is 0.462. The van der Waals surface area contributed by atoms with E-state index < -0.39 is 21.5 Å². The molecule has 1 aliphatic carbocycles. The zero-order valence-corrected chi connectivity index (χ0v) is 13.1. The smallest absolute Gasteiger partial charge is 0.235 e. The number of sulfone groups is 1. The molecule has 0 aliphatic heterocycles. The van der Waals surface area contributed by atoms with E-state index in [-0.39, 0.29) is 5.75 Å². The van der Waals surface area contributed by atoms with E-state index in [1.807, 2.05) is 0 Å². The number of nitrogens with one attached hydrogen (secondary N) is 1. The van der Waals surface area contributed by atoms with Crippen molar-refractivity contribution in [1.29, 1.82) is 0 Å². The number of benzene rings is 1. The number of halogens is 2. The molecule has 20 heavy (non-hydrogen) atoms. The molecule has 1 aromatic rings. The van der Waals surface area contributed by atoms with Gasteiger partial charge in [-0.15, -0.1) is 0 Å². The molecule has 1 aromatic carbocycles. The number of hydrogen-bond donors (Lipinski definition) is 1. The van der Waals surface area contributed by atoms with E-state index in [1.54, 1.807) is 12.1 Å². The lowest BCUT2D eigenvalue weighted by molar-refractivity contribution is -0.118. The molecular formula is C13H15Cl2NO3S. The highest BCUT2D eigenvalue weighted by atomic mass is 35.5. The van der Waals surface area contributed by atoms with E-state index >= 15 is 0 Å². The number of amides is 1. The van der Waals surface area contributed by atoms with Crippen LogP contribution in [0.1, 0.15) is 18.4 Å². The molecule has 1 amide bonds. The zero-order chi connectivity index (χ0) is 14.8. The normalized spacial score (nSPS) is 15.1. The molecule has 1 fully saturated rings. The van der Waals surface area contributed by atoms with E-state index in [2.05, 4.69) is 5.32 Å². The van der Waals surface area contributed by atoms with Crippen LogP contribution in [0.2, 0.25) is 10.0 Å². The molecule has 7 heteroatoms. The van der Waals surface area contributed by atoms with Crippen molar-refractivity contribution < 1.29 is 13.2 Å². The molecule has 1 N–H and O–H groups in total. The Morgan fingerprint density at radius 1 is 1.25 bits per heavy atom. The fourth-order valence-corrected chi connectivity index (χ4v) is 3.38. The molecule has 0 bridgehead atoms. The molecule has 0 atom stereocenters. The molecule has 2 rings (SSSR count). The largest absolute Gasteiger partial charge is 0.355 e. The van der Waals surface area contributed by atoms with Crippen molar-refractivity contribution in [2.75, 3.05) is 12.3 Å². The van der Waals surface area contributed by atoms with Gasteiger partial charge in [0, 0.05) is 6.54 Å². The van der Waals surface area contributed by atoms with Crippen LogP contribution >= 0.6 is 23.2 Å². The monoisotopic (exact) mass is 335 g/mol. The summed E-state index contributed by atoms with van der Waals surface area (Å²) in [6, 6.07) is 4.64. The van der Waals surface area contributed by atoms with Gasteiger partial charge in [-0.3, -0.25) is 4.79 Å². The molecule has 0 spiro atoms. The Bertz CT molecular complexity index is 612. The first-order chi connectivity index (χ1) is 9.35. The van der Waals surface area contributed by atoms with E-state index in [0.717, 1.165) is 12.8 Å². The summed E-state index contributed by atoms with van der Waals surface area (Å²) in [6.45, 7) is 0.571. The maximum absolute atomic E-state index is 11.9. The van der Waals surface area contributed by atoms with Gasteiger partial charge in [0.2, 0.25) is 5.91 Å². The van der Waals surface area contributed by atoms with Gasteiger partial charge in [-0.05, 0) is 36.5 Å². The average molecular weight is 336 g/mol. The Morgan fingerprint density at radius 3 is 2.55 bits per heavy atom. The molecule has 0 heterocycles. The molecular weight excluding hydrogens is 321 g/mol. The molecule has 0 saturated heterocycles. The highest BCUT2D eigenvalue weighted by Crippen LogP contribution is 2.27. The van der Waals surface area contributed by atoms with Crippen molar-refractivity contribution in [1.82, 2.24) is 5.32 Å². The van der Waals surface area contributed by atoms with Crippen molar-refractivity contribution in [3.63, 3.8) is 0 Å². The first-order valence-electron chi connectivity index (χ1n) is 6.27. The van der Waals surface area contributed by atoms with Crippen LogP contribution in [0.4, 0.5) is 0 Å². The van der Waals surface area contributed by atoms with Crippen LogP contribution in [-0.4, -0.2) is 26.6 Å². The van der Waals surface area contributed by atoms with Gasteiger partial charge >= 0.3 is 0 Å². The summed E-state index contributed by atoms with van der Waals surface area (Å²) in [5.41, 5.74) is 0.523. The van der Waals surface area contributed by atoms with Crippen molar-refractivity contribution in [2.45, 2.75) is 18.6 Å². The summed E-state index contributed by atoms with van der Waals surface area (Å²) >= 11 is 11.6. The number of carbonyl (C=O) groups is 1. The van der Waals surface area contributed by atoms with E-state index in [0.29, 0.717) is 28.1 Å². The van der Waals surface area contributed by atoms with Gasteiger partial charge in [-0.2, -0.15) is 0 Å². The van der Waals surface area contributed by atoms with Crippen LogP contribution in [0.15, 0.2) is 18.2 Å². The third-order valence-electron chi connectivity index (χ3n) is 3.01. The minimum Gasteiger partial charge on any atom is -0.355 e. The van der Waals surface area contributed by atoms with E-state index in [9.17, 15) is 13.2 Å². The van der Waals surface area contributed by atoms with Crippen LogP contribution in [0.5, 0.6) is 0 Å². The molecule has 0 aromatic heterocycles. The highest BCUT2D eigenvalue weighted by Gasteiger charge is 2.23. The lowest BCUT2D eigenvalue weighted by atomic mass is 10.2. The third-order valence-corrected chi connectivity index (χ3v) is 5.22. The average Bonchev–Trinajstić information content (AvgIpc) is 3.14. The van der Waals surface area contributed by atoms with Gasteiger partial charge in [-0.25, -0.2) is 8.42 Å². The summed E-state index contributed by atoms with van der Waals surface area (Å²) in [7, 11) is -3.50. The van der Waals surface area contributed by atoms with Gasteiger partial charge in [0.1, 0.15) is 5.75 Å². The Hall–Kier alpha value is -0.780. The summed E-state index contributed by atoms with van der Waals surface area (Å²) in [5, 5.41) is 3.32. The lowest BCUT2D eigenvalue weighted by Crippen LogP contribution is -2.32. The van der Waals surface area contributed by atoms with Gasteiger partial charge < -0.3 is 5.32 Å². The second kappa shape index (κ2) is 6.33. The standard InChI is InChI=1S/C13H15Cl2NO3S/c14-11-4-3-10(5-12(11)15)7-20(18,19)8-13(17)16-6-9-1-2-9/h3-5,9H,1-2,6-8H2,(H,16,17). The summed E-state index contributed by atoms with van der Waals surface area (Å²) in [4.78, 5) is 11.6. The van der Waals surface area contributed by atoms with E-state index in [4.69, 9.17) is 23.2 Å². The van der Waals surface area contributed by atoms with Crippen molar-refractivity contribution in [3.05, 3.63) is 33.8 Å². The quantitative estimate of drug-likeness (QED) is 0.868. The topological polar surface area (TPSA) is 63.2 Å². The molecule has 4 nitrogen and oxygen atoms in total. The molecule has 110 valence electrons. The second-order valence-electron chi connectivity index (χ2n) is 5.03. The Morgan fingerprint density at radius 2 is 1.95 bits per heavy atom. The number of rotatable bonds is 6. The Balaban J connectivity index is 1.91. The molecule has 1 saturated carbocycles. The Kier molecular flexibility index (Phi) is 4.94. The molecule has 1 aliphatic rings. The fourth-order valence-electron chi connectivity index (χ4n) is 1.77. The molecule has 0 unspecified atom stereocenters. The minimum absolute atomic E-state index is 0.221. The van der Waals surface area contributed by atoms with Crippen LogP contribution in [0.25, 0.3) is 0 Å². The van der Waals surface area contributed by atoms with Gasteiger partial charge in [-0.1, -0.05) is 29.3 Å². The molecule has 0 radical (unpaired) electrons. The number of hydrogen-bond acceptors (Lipinski definition) is 3. The van der Waals surface area contributed by atoms with Gasteiger partial charge in [0.15, 0.2) is 9.84 Å². The Labute approximate surface area is 128 Å². The van der Waals surface area contributed by atoms with Crippen molar-refractivity contribution in [3.8, 4) is 0 Å². The second-order valence-corrected chi connectivity index (χ2v) is 7.91.